The van der Waals surface area contributed by atoms with Crippen LogP contribution in [-0.2, 0) is 0 Å². The first kappa shape index (κ1) is 24.6. The van der Waals surface area contributed by atoms with Gasteiger partial charge in [0, 0.05) is 30.2 Å². The van der Waals surface area contributed by atoms with E-state index in [9.17, 15) is 14.0 Å². The van der Waals surface area contributed by atoms with E-state index < -0.39 is 6.09 Å². The van der Waals surface area contributed by atoms with Crippen LogP contribution in [0.2, 0.25) is 0 Å². The molecule has 2 fully saturated rings. The van der Waals surface area contributed by atoms with Crippen LogP contribution < -0.4 is 10.1 Å². The molecule has 2 aromatic carbocycles. The number of rotatable bonds is 5. The maximum atomic E-state index is 14.0. The summed E-state index contributed by atoms with van der Waals surface area (Å²) in [5.74, 6) is 1.31. The molecule has 1 aliphatic heterocycles. The second kappa shape index (κ2) is 9.87. The second-order valence-corrected chi connectivity index (χ2v) is 11.3. The van der Waals surface area contributed by atoms with Crippen LogP contribution in [0.25, 0.3) is 16.1 Å². The highest BCUT2D eigenvalue weighted by Gasteiger charge is 2.48. The molecule has 2 aromatic heterocycles. The van der Waals surface area contributed by atoms with E-state index in [1.165, 1.54) is 23.5 Å². The van der Waals surface area contributed by atoms with Crippen molar-refractivity contribution in [1.82, 2.24) is 19.6 Å². The third kappa shape index (κ3) is 4.45. The summed E-state index contributed by atoms with van der Waals surface area (Å²) in [6.45, 7) is 5.02. The van der Waals surface area contributed by atoms with Crippen LogP contribution in [0.15, 0.2) is 60.1 Å². The van der Waals surface area contributed by atoms with E-state index in [1.54, 1.807) is 16.5 Å². The number of imidazole rings is 1. The Morgan fingerprint density at radius 3 is 2.76 bits per heavy atom. The summed E-state index contributed by atoms with van der Waals surface area (Å²) in [5, 5.41) is 4.82. The van der Waals surface area contributed by atoms with Gasteiger partial charge in [0.15, 0.2) is 4.96 Å². The number of nitrogens with one attached hydrogen (secondary N) is 1. The van der Waals surface area contributed by atoms with Crippen molar-refractivity contribution < 1.29 is 18.7 Å². The fraction of sp³-hybridized carbons (Fsp3) is 0.345. The minimum atomic E-state index is -0.560. The molecule has 4 aromatic rings. The van der Waals surface area contributed by atoms with Crippen molar-refractivity contribution in [3.05, 3.63) is 77.2 Å². The molecule has 0 radical (unpaired) electrons. The Bertz CT molecular complexity index is 1500. The van der Waals surface area contributed by atoms with Crippen molar-refractivity contribution in [1.29, 1.82) is 0 Å². The van der Waals surface area contributed by atoms with E-state index in [1.807, 2.05) is 47.7 Å². The fourth-order valence-electron chi connectivity index (χ4n) is 6.25. The molecule has 1 unspecified atom stereocenters. The molecule has 9 heteroatoms. The Morgan fingerprint density at radius 1 is 1.16 bits per heavy atom. The molecule has 1 N–H and O–H groups in total. The number of hydrogen-bond donors (Lipinski definition) is 1. The molecule has 4 atom stereocenters. The highest BCUT2D eigenvalue weighted by Crippen LogP contribution is 2.45. The smallest absolute Gasteiger partial charge is 0.391 e. The number of aromatic nitrogens is 2. The minimum Gasteiger partial charge on any atom is -0.391 e. The lowest BCUT2D eigenvalue weighted by atomic mass is 9.93. The molecule has 7 nitrogen and oxygen atoms in total. The van der Waals surface area contributed by atoms with Gasteiger partial charge in [-0.1, -0.05) is 37.3 Å². The summed E-state index contributed by atoms with van der Waals surface area (Å²) >= 11 is 1.47. The van der Waals surface area contributed by atoms with Gasteiger partial charge >= 0.3 is 6.09 Å². The molecule has 2 aliphatic rings. The predicted molar refractivity (Wildman–Crippen MR) is 144 cm³/mol. The van der Waals surface area contributed by atoms with Gasteiger partial charge in [-0.3, -0.25) is 9.20 Å². The average molecular weight is 533 g/mol. The maximum Gasteiger partial charge on any atom is 0.414 e. The van der Waals surface area contributed by atoms with Crippen molar-refractivity contribution in [2.75, 3.05) is 13.1 Å². The topological polar surface area (TPSA) is 75.9 Å². The lowest BCUT2D eigenvalue weighted by molar-refractivity contribution is 0.0707. The summed E-state index contributed by atoms with van der Waals surface area (Å²) in [5.41, 5.74) is 2.78. The zero-order valence-electron chi connectivity index (χ0n) is 21.3. The van der Waals surface area contributed by atoms with E-state index in [0.29, 0.717) is 48.0 Å². The van der Waals surface area contributed by atoms with Crippen LogP contribution in [0.1, 0.15) is 35.8 Å². The first-order valence-corrected chi connectivity index (χ1v) is 13.8. The van der Waals surface area contributed by atoms with Crippen molar-refractivity contribution in [2.24, 2.45) is 17.8 Å². The summed E-state index contributed by atoms with van der Waals surface area (Å²) < 4.78 is 20.9. The Balaban J connectivity index is 1.23. The molecule has 196 valence electrons. The van der Waals surface area contributed by atoms with Crippen LogP contribution in [-0.4, -0.2) is 45.4 Å². The number of hydrogen-bond acceptors (Lipinski definition) is 5. The normalized spacial score (nSPS) is 22.6. The average Bonchev–Trinajstić information content (AvgIpc) is 3.65. The van der Waals surface area contributed by atoms with Crippen molar-refractivity contribution >= 4 is 28.3 Å². The summed E-state index contributed by atoms with van der Waals surface area (Å²) in [6.07, 6.45) is 3.35. The van der Waals surface area contributed by atoms with Crippen molar-refractivity contribution in [3.63, 3.8) is 0 Å². The maximum absolute atomic E-state index is 14.0. The second-order valence-electron chi connectivity index (χ2n) is 10.4. The van der Waals surface area contributed by atoms with Gasteiger partial charge in [0.1, 0.15) is 11.5 Å². The number of ether oxygens (including phenoxy) is 1. The van der Waals surface area contributed by atoms with Crippen LogP contribution in [0.5, 0.6) is 5.88 Å². The minimum absolute atomic E-state index is 0.0706. The van der Waals surface area contributed by atoms with Gasteiger partial charge in [0.05, 0.1) is 6.04 Å². The summed E-state index contributed by atoms with van der Waals surface area (Å²) in [6, 6.07) is 13.5. The first-order chi connectivity index (χ1) is 18.4. The number of aryl methyl sites for hydroxylation is 1. The summed E-state index contributed by atoms with van der Waals surface area (Å²) in [4.78, 5) is 34.0. The number of carbonyl (C=O) groups excluding carboxylic acids is 2. The molecule has 38 heavy (non-hydrogen) atoms. The molecule has 1 saturated heterocycles. The van der Waals surface area contributed by atoms with Crippen LogP contribution in [0.3, 0.4) is 0 Å². The Labute approximate surface area is 224 Å². The summed E-state index contributed by atoms with van der Waals surface area (Å²) in [7, 11) is 0. The van der Waals surface area contributed by atoms with Gasteiger partial charge < -0.3 is 15.0 Å². The Morgan fingerprint density at radius 2 is 1.95 bits per heavy atom. The fourth-order valence-corrected chi connectivity index (χ4v) is 7.01. The quantitative estimate of drug-likeness (QED) is 0.353. The SMILES string of the molecule is Cc1nc2sccn2c1OC(=O)NC[C@@H]1[C@H]2CC(C)C[C@H]2CN1C(=O)c1ccccc1-c1ccc(F)cc1. The van der Waals surface area contributed by atoms with Gasteiger partial charge in [-0.2, -0.15) is 0 Å². The standard InChI is InChI=1S/C29H29FN4O3S/c1-17-13-20-16-34(26(35)23-6-4-3-5-22(23)19-7-9-21(30)10-8-19)25(24(20)14-17)15-31-29(36)37-27-18(2)32-28-33(27)11-12-38-28/h3-12,17,20,24-25H,13-16H2,1-2H3,(H,31,36)/t17?,20-,24-,25+/m0/s1. The molecule has 0 spiro atoms. The molecular formula is C29H29FN4O3S. The number of likely N-dealkylation sites (tertiary alicyclic amines) is 1. The van der Waals surface area contributed by atoms with E-state index >= 15 is 0 Å². The largest absolute Gasteiger partial charge is 0.414 e. The highest BCUT2D eigenvalue weighted by atomic mass is 32.1. The van der Waals surface area contributed by atoms with E-state index in [0.717, 1.165) is 28.9 Å². The molecule has 2 amide bonds. The van der Waals surface area contributed by atoms with Gasteiger partial charge in [-0.25, -0.2) is 14.2 Å². The zero-order chi connectivity index (χ0) is 26.4. The number of fused-ring (bicyclic) bond motifs is 2. The zero-order valence-corrected chi connectivity index (χ0v) is 22.1. The van der Waals surface area contributed by atoms with E-state index in [2.05, 4.69) is 17.2 Å². The van der Waals surface area contributed by atoms with Gasteiger partial charge in [-0.15, -0.1) is 11.3 Å². The predicted octanol–water partition coefficient (Wildman–Crippen LogP) is 5.79. The van der Waals surface area contributed by atoms with Crippen LogP contribution in [0, 0.1) is 30.5 Å². The van der Waals surface area contributed by atoms with E-state index in [4.69, 9.17) is 4.74 Å². The third-order valence-corrected chi connectivity index (χ3v) is 8.67. The molecule has 3 heterocycles. The third-order valence-electron chi connectivity index (χ3n) is 7.91. The number of halogens is 1. The lowest BCUT2D eigenvalue weighted by Crippen LogP contribution is -2.46. The Kier molecular flexibility index (Phi) is 6.39. The molecule has 6 rings (SSSR count). The number of nitrogens with zero attached hydrogens (tertiary/aromatic N) is 3. The molecular weight excluding hydrogens is 503 g/mol. The van der Waals surface area contributed by atoms with Crippen molar-refractivity contribution in [3.8, 4) is 17.0 Å². The number of carbonyl (C=O) groups is 2. The van der Waals surface area contributed by atoms with Gasteiger partial charge in [0.25, 0.3) is 5.91 Å². The van der Waals surface area contributed by atoms with Crippen LogP contribution in [0.4, 0.5) is 9.18 Å². The van der Waals surface area contributed by atoms with Crippen LogP contribution >= 0.6 is 11.3 Å². The molecule has 1 saturated carbocycles. The molecule has 0 bridgehead atoms. The highest BCUT2D eigenvalue weighted by molar-refractivity contribution is 7.15. The van der Waals surface area contributed by atoms with Crippen molar-refractivity contribution in [2.45, 2.75) is 32.7 Å². The monoisotopic (exact) mass is 532 g/mol. The van der Waals surface area contributed by atoms with Gasteiger partial charge in [0.2, 0.25) is 5.88 Å². The first-order valence-electron chi connectivity index (χ1n) is 12.9. The number of benzene rings is 2. The lowest BCUT2D eigenvalue weighted by Gasteiger charge is -2.29. The van der Waals surface area contributed by atoms with E-state index in [-0.39, 0.29) is 17.8 Å². The molecule has 1 aliphatic carbocycles. The Hall–Kier alpha value is -3.72. The number of amides is 2. The number of thiazole rings is 1. The van der Waals surface area contributed by atoms with Gasteiger partial charge in [-0.05, 0) is 66.8 Å².